The predicted octanol–water partition coefficient (Wildman–Crippen LogP) is 5.03. The Labute approximate surface area is 242 Å². The second kappa shape index (κ2) is 11.9. The van der Waals surface area contributed by atoms with E-state index in [0.717, 1.165) is 41.5 Å². The lowest BCUT2D eigenvalue weighted by molar-refractivity contribution is 0.159. The smallest absolute Gasteiger partial charge is 0.320 e. The number of hydrogen-bond acceptors (Lipinski definition) is 6. The first-order valence-corrected chi connectivity index (χ1v) is 14.1. The lowest BCUT2D eigenvalue weighted by Gasteiger charge is -2.21. The zero-order valence-corrected chi connectivity index (χ0v) is 23.6. The average Bonchev–Trinajstić information content (AvgIpc) is 3.71. The normalized spacial score (nSPS) is 18.8. The van der Waals surface area contributed by atoms with Crippen LogP contribution in [0.3, 0.4) is 0 Å². The van der Waals surface area contributed by atoms with E-state index in [1.54, 1.807) is 30.3 Å². The van der Waals surface area contributed by atoms with Crippen molar-refractivity contribution in [3.05, 3.63) is 89.5 Å². The van der Waals surface area contributed by atoms with Gasteiger partial charge in [-0.05, 0) is 49.6 Å². The fourth-order valence-corrected chi connectivity index (χ4v) is 5.51. The highest BCUT2D eigenvalue weighted by atomic mass is 19.2. The van der Waals surface area contributed by atoms with E-state index in [9.17, 15) is 13.6 Å². The second-order valence-electron chi connectivity index (χ2n) is 10.9. The van der Waals surface area contributed by atoms with E-state index >= 15 is 0 Å². The minimum absolute atomic E-state index is 0.236. The Kier molecular flexibility index (Phi) is 7.94. The number of nitrogens with one attached hydrogen (secondary N) is 2. The first-order chi connectivity index (χ1) is 20.4. The summed E-state index contributed by atoms with van der Waals surface area (Å²) in [5, 5.41) is 10.9. The van der Waals surface area contributed by atoms with E-state index < -0.39 is 17.7 Å². The molecule has 3 heterocycles. The molecule has 2 amide bonds. The summed E-state index contributed by atoms with van der Waals surface area (Å²) in [7, 11) is 1.63. The number of methoxy groups -OCH3 is 1. The molecule has 2 atom stereocenters. The van der Waals surface area contributed by atoms with Gasteiger partial charge in [0.15, 0.2) is 11.6 Å². The van der Waals surface area contributed by atoms with Gasteiger partial charge < -0.3 is 10.1 Å². The Morgan fingerprint density at radius 1 is 1.05 bits per heavy atom. The van der Waals surface area contributed by atoms with Crippen LogP contribution in [0.1, 0.15) is 41.6 Å². The van der Waals surface area contributed by atoms with Crippen molar-refractivity contribution in [2.45, 2.75) is 37.6 Å². The third-order valence-electron chi connectivity index (χ3n) is 7.94. The average molecular weight is 574 g/mol. The summed E-state index contributed by atoms with van der Waals surface area (Å²) in [5.41, 5.74) is 3.60. The molecule has 0 bridgehead atoms. The number of likely N-dealkylation sites (tertiary alicyclic amines) is 1. The standard InChI is InChI=1S/C31H33F2N7O2/c1-19-28(22-15-34-29(35-16-22)20-8-9-20)38-40(23-6-4-3-5-7-23)30(19)37-31(41)36-27-18-39(12-13-42-2)17-24(27)21-10-11-25(32)26(33)14-21/h3-7,10-11,14-16,20,24,27H,8-9,12-13,17-18H2,1-2H3,(H2,36,37,41). The number of carbonyl (C=O) groups excluding carboxylic acids is 1. The van der Waals surface area contributed by atoms with Crippen LogP contribution in [-0.4, -0.2) is 70.1 Å². The Bertz CT molecular complexity index is 1560. The topological polar surface area (TPSA) is 97.2 Å². The van der Waals surface area contributed by atoms with Crippen molar-refractivity contribution in [2.75, 3.05) is 38.7 Å². The summed E-state index contributed by atoms with van der Waals surface area (Å²) in [4.78, 5) is 24.8. The monoisotopic (exact) mass is 573 g/mol. The van der Waals surface area contributed by atoms with E-state index in [0.29, 0.717) is 49.2 Å². The first kappa shape index (κ1) is 27.9. The molecule has 1 saturated carbocycles. The lowest BCUT2D eigenvalue weighted by atomic mass is 9.94. The van der Waals surface area contributed by atoms with Gasteiger partial charge in [-0.1, -0.05) is 24.3 Å². The van der Waals surface area contributed by atoms with Crippen molar-refractivity contribution in [2.24, 2.45) is 0 Å². The number of carbonyl (C=O) groups is 1. The highest BCUT2D eigenvalue weighted by Crippen LogP contribution is 2.38. The summed E-state index contributed by atoms with van der Waals surface area (Å²) >= 11 is 0. The molecule has 2 aromatic heterocycles. The summed E-state index contributed by atoms with van der Waals surface area (Å²) < 4.78 is 34.8. The van der Waals surface area contributed by atoms with Crippen molar-refractivity contribution in [1.82, 2.24) is 30.0 Å². The van der Waals surface area contributed by atoms with Crippen molar-refractivity contribution in [1.29, 1.82) is 0 Å². The fourth-order valence-electron chi connectivity index (χ4n) is 5.51. The van der Waals surface area contributed by atoms with E-state index in [-0.39, 0.29) is 12.0 Å². The van der Waals surface area contributed by atoms with Gasteiger partial charge >= 0.3 is 6.03 Å². The number of ether oxygens (including phenoxy) is 1. The largest absolute Gasteiger partial charge is 0.383 e. The van der Waals surface area contributed by atoms with Crippen LogP contribution >= 0.6 is 0 Å². The third kappa shape index (κ3) is 5.88. The molecule has 9 nitrogen and oxygen atoms in total. The van der Waals surface area contributed by atoms with Crippen LogP contribution in [-0.2, 0) is 4.74 Å². The maximum Gasteiger partial charge on any atom is 0.320 e. The Hall–Kier alpha value is -4.22. The lowest BCUT2D eigenvalue weighted by Crippen LogP contribution is -2.42. The second-order valence-corrected chi connectivity index (χ2v) is 10.9. The molecule has 2 N–H and O–H groups in total. The number of urea groups is 1. The van der Waals surface area contributed by atoms with Gasteiger partial charge in [0.1, 0.15) is 17.3 Å². The highest BCUT2D eigenvalue weighted by Gasteiger charge is 2.35. The van der Waals surface area contributed by atoms with E-state index in [4.69, 9.17) is 9.84 Å². The van der Waals surface area contributed by atoms with Crippen LogP contribution in [0.2, 0.25) is 0 Å². The van der Waals surface area contributed by atoms with Gasteiger partial charge in [0.05, 0.1) is 18.3 Å². The molecule has 2 aromatic carbocycles. The Morgan fingerprint density at radius 3 is 2.50 bits per heavy atom. The zero-order valence-electron chi connectivity index (χ0n) is 23.6. The minimum Gasteiger partial charge on any atom is -0.383 e. The van der Waals surface area contributed by atoms with Gasteiger partial charge in [0.25, 0.3) is 0 Å². The van der Waals surface area contributed by atoms with Crippen molar-refractivity contribution < 1.29 is 18.3 Å². The maximum atomic E-state index is 14.1. The molecule has 1 saturated heterocycles. The molecule has 2 fully saturated rings. The molecule has 1 aliphatic heterocycles. The van der Waals surface area contributed by atoms with Crippen LogP contribution in [0.25, 0.3) is 16.9 Å². The fraction of sp³-hybridized carbons (Fsp3) is 0.355. The Morgan fingerprint density at radius 2 is 1.81 bits per heavy atom. The molecule has 4 aromatic rings. The van der Waals surface area contributed by atoms with Crippen LogP contribution in [0.5, 0.6) is 0 Å². The maximum absolute atomic E-state index is 14.1. The number of rotatable bonds is 9. The van der Waals surface area contributed by atoms with Crippen molar-refractivity contribution >= 4 is 11.8 Å². The van der Waals surface area contributed by atoms with Gasteiger partial charge in [-0.15, -0.1) is 0 Å². The third-order valence-corrected chi connectivity index (χ3v) is 7.94. The number of anilines is 1. The van der Waals surface area contributed by atoms with Crippen LogP contribution in [0.4, 0.5) is 19.4 Å². The van der Waals surface area contributed by atoms with Crippen LogP contribution in [0.15, 0.2) is 60.9 Å². The first-order valence-electron chi connectivity index (χ1n) is 14.1. The van der Waals surface area contributed by atoms with E-state index in [1.165, 1.54) is 6.07 Å². The van der Waals surface area contributed by atoms with Gasteiger partial charge in [-0.25, -0.2) is 28.2 Å². The minimum atomic E-state index is -0.907. The predicted molar refractivity (Wildman–Crippen MR) is 155 cm³/mol. The van der Waals surface area contributed by atoms with Gasteiger partial charge in [-0.3, -0.25) is 10.2 Å². The number of aromatic nitrogens is 4. The summed E-state index contributed by atoms with van der Waals surface area (Å²) in [6.45, 7) is 4.18. The van der Waals surface area contributed by atoms with Crippen LogP contribution < -0.4 is 10.6 Å². The number of benzene rings is 2. The molecule has 1 aliphatic carbocycles. The quantitative estimate of drug-likeness (QED) is 0.292. The summed E-state index contributed by atoms with van der Waals surface area (Å²) in [5.74, 6) is -0.236. The summed E-state index contributed by atoms with van der Waals surface area (Å²) in [6.07, 6.45) is 5.81. The number of halogens is 2. The number of para-hydroxylation sites is 1. The number of amides is 2. The van der Waals surface area contributed by atoms with E-state index in [1.807, 2.05) is 37.3 Å². The van der Waals surface area contributed by atoms with Crippen molar-refractivity contribution in [3.63, 3.8) is 0 Å². The van der Waals surface area contributed by atoms with Gasteiger partial charge in [0.2, 0.25) is 0 Å². The molecule has 0 radical (unpaired) electrons. The molecule has 0 spiro atoms. The molecular formula is C31H33F2N7O2. The van der Waals surface area contributed by atoms with Crippen molar-refractivity contribution in [3.8, 4) is 16.9 Å². The number of nitrogens with zero attached hydrogens (tertiary/aromatic N) is 5. The molecule has 42 heavy (non-hydrogen) atoms. The summed E-state index contributed by atoms with van der Waals surface area (Å²) in [6, 6.07) is 12.7. The van der Waals surface area contributed by atoms with Gasteiger partial charge in [0, 0.05) is 62.1 Å². The SMILES string of the molecule is COCCN1CC(NC(=O)Nc2c(C)c(-c3cnc(C4CC4)nc3)nn2-c2ccccc2)C(c2ccc(F)c(F)c2)C1. The molecule has 11 heteroatoms. The van der Waals surface area contributed by atoms with Gasteiger partial charge in [-0.2, -0.15) is 5.10 Å². The van der Waals surface area contributed by atoms with Crippen LogP contribution in [0, 0.1) is 18.6 Å². The molecule has 2 aliphatic rings. The molecule has 2 unspecified atom stereocenters. The molecule has 6 rings (SSSR count). The van der Waals surface area contributed by atoms with E-state index in [2.05, 4.69) is 25.5 Å². The Balaban J connectivity index is 1.27. The molecule has 218 valence electrons. The highest BCUT2D eigenvalue weighted by molar-refractivity contribution is 5.91. The molecular weight excluding hydrogens is 540 g/mol. The zero-order chi connectivity index (χ0) is 29.2. The number of hydrogen-bond donors (Lipinski definition) is 2.